The van der Waals surface area contributed by atoms with Crippen LogP contribution in [0.2, 0.25) is 5.02 Å². The minimum atomic E-state index is 0.741. The van der Waals surface area contributed by atoms with Gasteiger partial charge in [0.15, 0.2) is 0 Å². The molecule has 0 saturated carbocycles. The van der Waals surface area contributed by atoms with E-state index in [0.717, 1.165) is 29.2 Å². The predicted molar refractivity (Wildman–Crippen MR) is 74.5 cm³/mol. The van der Waals surface area contributed by atoms with E-state index in [0.29, 0.717) is 0 Å². The Morgan fingerprint density at radius 2 is 1.82 bits per heavy atom. The van der Waals surface area contributed by atoms with Crippen molar-refractivity contribution in [1.29, 1.82) is 0 Å². The third-order valence-corrected chi connectivity index (χ3v) is 2.93. The summed E-state index contributed by atoms with van der Waals surface area (Å²) in [7, 11) is 0. The number of nitrogens with one attached hydrogen (secondary N) is 1. The molecule has 0 aliphatic rings. The maximum atomic E-state index is 6.09. The molecule has 0 amide bonds. The van der Waals surface area contributed by atoms with Crippen LogP contribution in [0.3, 0.4) is 0 Å². The van der Waals surface area contributed by atoms with Crippen LogP contribution in [0.1, 0.15) is 11.1 Å². The lowest BCUT2D eigenvalue weighted by molar-refractivity contribution is 1.02. The molecule has 0 unspecified atom stereocenters. The van der Waals surface area contributed by atoms with Crippen LogP contribution in [-0.4, -0.2) is 6.54 Å². The van der Waals surface area contributed by atoms with Crippen molar-refractivity contribution in [2.24, 2.45) is 0 Å². The standard InChI is InChI=1S/C15H15ClN/c1-12-7-8-14(16)15(11-12)17-10-9-13-5-3-2-4-6-13/h2-8,11,17H,1,9-10H2. The molecule has 0 aliphatic heterocycles. The van der Waals surface area contributed by atoms with E-state index in [-0.39, 0.29) is 0 Å². The van der Waals surface area contributed by atoms with Crippen LogP contribution in [0.15, 0.2) is 48.5 Å². The SMILES string of the molecule is [CH2]c1ccc(Cl)c(NCCc2ccccc2)c1. The van der Waals surface area contributed by atoms with Gasteiger partial charge in [-0.25, -0.2) is 0 Å². The molecule has 87 valence electrons. The smallest absolute Gasteiger partial charge is 0.0637 e. The monoisotopic (exact) mass is 244 g/mol. The van der Waals surface area contributed by atoms with Crippen molar-refractivity contribution < 1.29 is 0 Å². The Morgan fingerprint density at radius 3 is 2.59 bits per heavy atom. The first kappa shape index (κ1) is 12.0. The third-order valence-electron chi connectivity index (χ3n) is 2.60. The van der Waals surface area contributed by atoms with Crippen molar-refractivity contribution in [2.75, 3.05) is 11.9 Å². The number of benzene rings is 2. The number of halogens is 1. The van der Waals surface area contributed by atoms with Crippen molar-refractivity contribution >= 4 is 17.3 Å². The lowest BCUT2D eigenvalue weighted by atomic mass is 10.1. The molecule has 0 saturated heterocycles. The highest BCUT2D eigenvalue weighted by Crippen LogP contribution is 2.22. The van der Waals surface area contributed by atoms with Gasteiger partial charge in [0.1, 0.15) is 0 Å². The van der Waals surface area contributed by atoms with E-state index in [9.17, 15) is 0 Å². The Kier molecular flexibility index (Phi) is 4.05. The van der Waals surface area contributed by atoms with Crippen LogP contribution >= 0.6 is 11.6 Å². The number of hydrogen-bond acceptors (Lipinski definition) is 1. The van der Waals surface area contributed by atoms with Gasteiger partial charge in [0.2, 0.25) is 0 Å². The second-order valence-corrected chi connectivity index (χ2v) is 4.38. The molecule has 0 aliphatic carbocycles. The number of anilines is 1. The second kappa shape index (κ2) is 5.74. The molecular formula is C15H15ClN. The van der Waals surface area contributed by atoms with Crippen LogP contribution in [0.4, 0.5) is 5.69 Å². The van der Waals surface area contributed by atoms with Crippen molar-refractivity contribution in [2.45, 2.75) is 6.42 Å². The molecule has 1 radical (unpaired) electrons. The summed E-state index contributed by atoms with van der Waals surface area (Å²) in [4.78, 5) is 0. The summed E-state index contributed by atoms with van der Waals surface area (Å²) in [6.45, 7) is 4.76. The van der Waals surface area contributed by atoms with Crippen LogP contribution in [0.5, 0.6) is 0 Å². The molecule has 17 heavy (non-hydrogen) atoms. The van der Waals surface area contributed by atoms with Gasteiger partial charge in [0, 0.05) is 6.54 Å². The maximum Gasteiger partial charge on any atom is 0.0637 e. The van der Waals surface area contributed by atoms with E-state index in [1.165, 1.54) is 5.56 Å². The van der Waals surface area contributed by atoms with E-state index in [1.807, 2.05) is 24.3 Å². The largest absolute Gasteiger partial charge is 0.384 e. The van der Waals surface area contributed by atoms with Gasteiger partial charge >= 0.3 is 0 Å². The molecule has 0 heterocycles. The van der Waals surface area contributed by atoms with Crippen LogP contribution in [0.25, 0.3) is 0 Å². The molecule has 2 heteroatoms. The van der Waals surface area contributed by atoms with Gasteiger partial charge in [-0.05, 0) is 36.6 Å². The van der Waals surface area contributed by atoms with Gasteiger partial charge in [0.05, 0.1) is 10.7 Å². The van der Waals surface area contributed by atoms with Crippen molar-refractivity contribution in [3.63, 3.8) is 0 Å². The van der Waals surface area contributed by atoms with Crippen LogP contribution in [-0.2, 0) is 6.42 Å². The zero-order valence-corrected chi connectivity index (χ0v) is 10.4. The molecule has 2 aromatic carbocycles. The zero-order valence-electron chi connectivity index (χ0n) is 9.62. The van der Waals surface area contributed by atoms with E-state index in [4.69, 9.17) is 11.6 Å². The molecule has 0 bridgehead atoms. The molecular weight excluding hydrogens is 230 g/mol. The predicted octanol–water partition coefficient (Wildman–Crippen LogP) is 4.18. The topological polar surface area (TPSA) is 12.0 Å². The van der Waals surface area contributed by atoms with E-state index >= 15 is 0 Å². The average molecular weight is 245 g/mol. The zero-order chi connectivity index (χ0) is 12.1. The van der Waals surface area contributed by atoms with Gasteiger partial charge in [-0.1, -0.05) is 48.0 Å². The Balaban J connectivity index is 1.92. The summed E-state index contributed by atoms with van der Waals surface area (Å²) < 4.78 is 0. The molecule has 0 atom stereocenters. The highest BCUT2D eigenvalue weighted by atomic mass is 35.5. The summed E-state index contributed by atoms with van der Waals surface area (Å²) in [6.07, 6.45) is 0.985. The number of rotatable bonds is 4. The fourth-order valence-corrected chi connectivity index (χ4v) is 1.88. The lowest BCUT2D eigenvalue weighted by Crippen LogP contribution is -2.05. The van der Waals surface area contributed by atoms with Crippen LogP contribution in [0, 0.1) is 6.92 Å². The fourth-order valence-electron chi connectivity index (χ4n) is 1.69. The number of hydrogen-bond donors (Lipinski definition) is 1. The average Bonchev–Trinajstić information content (AvgIpc) is 2.35. The first-order valence-corrected chi connectivity index (χ1v) is 6.03. The first-order valence-electron chi connectivity index (χ1n) is 5.65. The highest BCUT2D eigenvalue weighted by Gasteiger charge is 1.99. The Hall–Kier alpha value is -1.47. The summed E-state index contributed by atoms with van der Waals surface area (Å²) in [5.41, 5.74) is 3.24. The molecule has 0 fully saturated rings. The van der Waals surface area contributed by atoms with Crippen molar-refractivity contribution in [1.82, 2.24) is 0 Å². The highest BCUT2D eigenvalue weighted by molar-refractivity contribution is 6.33. The van der Waals surface area contributed by atoms with Gasteiger partial charge in [-0.15, -0.1) is 0 Å². The molecule has 2 aromatic rings. The maximum absolute atomic E-state index is 6.09. The first-order chi connectivity index (χ1) is 8.25. The third kappa shape index (κ3) is 3.50. The van der Waals surface area contributed by atoms with Gasteiger partial charge in [-0.3, -0.25) is 0 Å². The summed E-state index contributed by atoms with van der Waals surface area (Å²) in [5.74, 6) is 0. The minimum absolute atomic E-state index is 0.741. The summed E-state index contributed by atoms with van der Waals surface area (Å²) in [5, 5.41) is 4.07. The Bertz CT molecular complexity index is 480. The van der Waals surface area contributed by atoms with Gasteiger partial charge < -0.3 is 5.32 Å². The summed E-state index contributed by atoms with van der Waals surface area (Å²) >= 11 is 6.09. The van der Waals surface area contributed by atoms with E-state index in [2.05, 4.69) is 36.5 Å². The molecule has 1 nitrogen and oxygen atoms in total. The van der Waals surface area contributed by atoms with Crippen molar-refractivity contribution in [3.8, 4) is 0 Å². The van der Waals surface area contributed by atoms with E-state index < -0.39 is 0 Å². The minimum Gasteiger partial charge on any atom is -0.384 e. The van der Waals surface area contributed by atoms with Crippen molar-refractivity contribution in [3.05, 3.63) is 71.6 Å². The quantitative estimate of drug-likeness (QED) is 0.851. The van der Waals surface area contributed by atoms with E-state index in [1.54, 1.807) is 0 Å². The fraction of sp³-hybridized carbons (Fsp3) is 0.133. The van der Waals surface area contributed by atoms with Gasteiger partial charge in [0.25, 0.3) is 0 Å². The van der Waals surface area contributed by atoms with Crippen LogP contribution < -0.4 is 5.32 Å². The Labute approximate surface area is 107 Å². The Morgan fingerprint density at radius 1 is 1.06 bits per heavy atom. The molecule has 0 spiro atoms. The normalized spacial score (nSPS) is 10.2. The molecule has 2 rings (SSSR count). The second-order valence-electron chi connectivity index (χ2n) is 3.98. The van der Waals surface area contributed by atoms with Gasteiger partial charge in [-0.2, -0.15) is 0 Å². The molecule has 1 N–H and O–H groups in total. The lowest BCUT2D eigenvalue weighted by Gasteiger charge is -2.09. The summed E-state index contributed by atoms with van der Waals surface area (Å²) in [6, 6.07) is 16.1. The molecule has 0 aromatic heterocycles.